The molecular weight excluding hydrogens is 254 g/mol. The van der Waals surface area contributed by atoms with Crippen molar-refractivity contribution in [2.45, 2.75) is 39.2 Å². The van der Waals surface area contributed by atoms with Crippen molar-refractivity contribution in [2.75, 3.05) is 6.61 Å². The number of hydrogen-bond donors (Lipinski definition) is 2. The lowest BCUT2D eigenvalue weighted by Gasteiger charge is -2.03. The highest BCUT2D eigenvalue weighted by molar-refractivity contribution is 5.95. The molecule has 2 rings (SSSR count). The van der Waals surface area contributed by atoms with Crippen LogP contribution in [0.2, 0.25) is 0 Å². The van der Waals surface area contributed by atoms with Gasteiger partial charge in [-0.05, 0) is 43.0 Å². The van der Waals surface area contributed by atoms with Gasteiger partial charge in [-0.2, -0.15) is 0 Å². The number of aliphatic hydroxyl groups is 1. The highest BCUT2D eigenvalue weighted by Crippen LogP contribution is 2.25. The number of aromatic nitrogens is 1. The minimum absolute atomic E-state index is 0.164. The topological polar surface area (TPSA) is 62.5 Å². The zero-order valence-corrected chi connectivity index (χ0v) is 11.8. The predicted octanol–water partition coefficient (Wildman–Crippen LogP) is 3.06. The molecule has 0 aliphatic rings. The monoisotopic (exact) mass is 275 g/mol. The van der Waals surface area contributed by atoms with Crippen molar-refractivity contribution in [3.8, 4) is 0 Å². The fourth-order valence-corrected chi connectivity index (χ4v) is 2.50. The third-order valence-corrected chi connectivity index (χ3v) is 3.57. The third-order valence-electron chi connectivity index (χ3n) is 3.57. The molecule has 1 aromatic carbocycles. The van der Waals surface area contributed by atoms with Gasteiger partial charge in [-0.1, -0.05) is 13.3 Å². The third kappa shape index (κ3) is 3.02. The van der Waals surface area contributed by atoms with Crippen molar-refractivity contribution in [1.29, 1.82) is 0 Å². The minimum atomic E-state index is -0.892. The Morgan fingerprint density at radius 1 is 1.30 bits per heavy atom. The van der Waals surface area contributed by atoms with Gasteiger partial charge >= 0.3 is 5.97 Å². The fourth-order valence-electron chi connectivity index (χ4n) is 2.50. The number of benzene rings is 1. The number of unbranched alkanes of at least 4 members (excludes halogenated alkanes) is 1. The highest BCUT2D eigenvalue weighted by atomic mass is 16.4. The van der Waals surface area contributed by atoms with E-state index in [-0.39, 0.29) is 6.61 Å². The van der Waals surface area contributed by atoms with Crippen LogP contribution in [-0.4, -0.2) is 27.4 Å². The van der Waals surface area contributed by atoms with Crippen LogP contribution in [0, 0.1) is 0 Å². The maximum Gasteiger partial charge on any atom is 0.335 e. The van der Waals surface area contributed by atoms with Crippen LogP contribution in [0.5, 0.6) is 0 Å². The molecule has 20 heavy (non-hydrogen) atoms. The minimum Gasteiger partial charge on any atom is -0.478 e. The van der Waals surface area contributed by atoms with Crippen LogP contribution in [0.25, 0.3) is 10.9 Å². The summed E-state index contributed by atoms with van der Waals surface area (Å²) >= 11 is 0. The first-order valence-corrected chi connectivity index (χ1v) is 7.13. The van der Waals surface area contributed by atoms with E-state index in [2.05, 4.69) is 17.7 Å². The van der Waals surface area contributed by atoms with E-state index in [4.69, 9.17) is 10.2 Å². The van der Waals surface area contributed by atoms with Crippen molar-refractivity contribution in [2.24, 2.45) is 0 Å². The van der Waals surface area contributed by atoms with E-state index in [1.807, 2.05) is 6.07 Å². The summed E-state index contributed by atoms with van der Waals surface area (Å²) in [6, 6.07) is 5.27. The quantitative estimate of drug-likeness (QED) is 0.816. The van der Waals surface area contributed by atoms with Gasteiger partial charge in [-0.15, -0.1) is 0 Å². The van der Waals surface area contributed by atoms with Gasteiger partial charge < -0.3 is 14.8 Å². The number of aromatic carboxylic acids is 1. The summed E-state index contributed by atoms with van der Waals surface area (Å²) < 4.78 is 2.11. The van der Waals surface area contributed by atoms with E-state index in [1.54, 1.807) is 12.1 Å². The number of carboxylic acid groups (broad SMARTS) is 1. The normalized spacial score (nSPS) is 11.1. The molecule has 0 fully saturated rings. The SMILES string of the molecule is CCCCc1cn(CCCO)c2ccc(C(=O)O)cc12. The summed E-state index contributed by atoms with van der Waals surface area (Å²) in [5.41, 5.74) is 2.58. The van der Waals surface area contributed by atoms with Gasteiger partial charge in [-0.3, -0.25) is 0 Å². The summed E-state index contributed by atoms with van der Waals surface area (Å²) in [4.78, 5) is 11.1. The number of nitrogens with zero attached hydrogens (tertiary/aromatic N) is 1. The second-order valence-electron chi connectivity index (χ2n) is 5.07. The Morgan fingerprint density at radius 3 is 2.75 bits per heavy atom. The van der Waals surface area contributed by atoms with E-state index >= 15 is 0 Å². The zero-order chi connectivity index (χ0) is 14.5. The van der Waals surface area contributed by atoms with Crippen LogP contribution in [-0.2, 0) is 13.0 Å². The molecule has 0 saturated carbocycles. The van der Waals surface area contributed by atoms with Gasteiger partial charge in [-0.25, -0.2) is 4.79 Å². The average molecular weight is 275 g/mol. The van der Waals surface area contributed by atoms with Crippen LogP contribution in [0.15, 0.2) is 24.4 Å². The molecule has 4 heteroatoms. The molecule has 2 N–H and O–H groups in total. The second-order valence-corrected chi connectivity index (χ2v) is 5.07. The summed E-state index contributed by atoms with van der Waals surface area (Å²) in [5, 5.41) is 19.1. The number of fused-ring (bicyclic) bond motifs is 1. The first kappa shape index (κ1) is 14.6. The second kappa shape index (κ2) is 6.57. The summed E-state index contributed by atoms with van der Waals surface area (Å²) in [6.07, 6.45) is 5.97. The zero-order valence-electron chi connectivity index (χ0n) is 11.8. The Bertz CT molecular complexity index is 601. The van der Waals surface area contributed by atoms with Crippen LogP contribution < -0.4 is 0 Å². The number of hydrogen-bond acceptors (Lipinski definition) is 2. The molecule has 0 amide bonds. The van der Waals surface area contributed by atoms with E-state index < -0.39 is 5.97 Å². The first-order chi connectivity index (χ1) is 9.67. The maximum atomic E-state index is 11.1. The Balaban J connectivity index is 2.45. The molecule has 0 bridgehead atoms. The maximum absolute atomic E-state index is 11.1. The Kier molecular flexibility index (Phi) is 4.79. The summed E-state index contributed by atoms with van der Waals surface area (Å²) in [5.74, 6) is -0.892. The largest absolute Gasteiger partial charge is 0.478 e. The van der Waals surface area contributed by atoms with Crippen molar-refractivity contribution in [3.63, 3.8) is 0 Å². The van der Waals surface area contributed by atoms with Crippen molar-refractivity contribution < 1.29 is 15.0 Å². The van der Waals surface area contributed by atoms with E-state index in [0.717, 1.165) is 36.7 Å². The number of rotatable bonds is 7. The van der Waals surface area contributed by atoms with Gasteiger partial charge in [0.2, 0.25) is 0 Å². The molecule has 1 aromatic heterocycles. The predicted molar refractivity (Wildman–Crippen MR) is 79.2 cm³/mol. The molecule has 4 nitrogen and oxygen atoms in total. The Hall–Kier alpha value is -1.81. The molecule has 0 radical (unpaired) electrons. The summed E-state index contributed by atoms with van der Waals surface area (Å²) in [6.45, 7) is 3.07. The van der Waals surface area contributed by atoms with E-state index in [1.165, 1.54) is 5.56 Å². The first-order valence-electron chi connectivity index (χ1n) is 7.13. The lowest BCUT2D eigenvalue weighted by atomic mass is 10.1. The average Bonchev–Trinajstić information content (AvgIpc) is 2.80. The Morgan fingerprint density at radius 2 is 2.10 bits per heavy atom. The van der Waals surface area contributed by atoms with Gasteiger partial charge in [0.05, 0.1) is 5.56 Å². The molecule has 0 unspecified atom stereocenters. The van der Waals surface area contributed by atoms with Crippen LogP contribution >= 0.6 is 0 Å². The molecule has 2 aromatic rings. The molecule has 1 heterocycles. The van der Waals surface area contributed by atoms with Crippen molar-refractivity contribution >= 4 is 16.9 Å². The fraction of sp³-hybridized carbons (Fsp3) is 0.438. The summed E-state index contributed by atoms with van der Waals surface area (Å²) in [7, 11) is 0. The van der Waals surface area contributed by atoms with Crippen molar-refractivity contribution in [3.05, 3.63) is 35.5 Å². The Labute approximate surface area is 118 Å². The van der Waals surface area contributed by atoms with E-state index in [9.17, 15) is 4.79 Å². The van der Waals surface area contributed by atoms with Gasteiger partial charge in [0.1, 0.15) is 0 Å². The number of carbonyl (C=O) groups is 1. The molecule has 0 aliphatic carbocycles. The lowest BCUT2D eigenvalue weighted by Crippen LogP contribution is -1.99. The van der Waals surface area contributed by atoms with Crippen LogP contribution in [0.1, 0.15) is 42.1 Å². The smallest absolute Gasteiger partial charge is 0.335 e. The molecule has 0 atom stereocenters. The molecule has 0 spiro atoms. The highest BCUT2D eigenvalue weighted by Gasteiger charge is 2.11. The van der Waals surface area contributed by atoms with Crippen LogP contribution in [0.4, 0.5) is 0 Å². The number of carboxylic acids is 1. The van der Waals surface area contributed by atoms with Gasteiger partial charge in [0.25, 0.3) is 0 Å². The molecular formula is C16H21NO3. The van der Waals surface area contributed by atoms with Crippen LogP contribution in [0.3, 0.4) is 0 Å². The molecule has 0 aliphatic heterocycles. The molecule has 0 saturated heterocycles. The number of aryl methyl sites for hydroxylation is 2. The van der Waals surface area contributed by atoms with Crippen molar-refractivity contribution in [1.82, 2.24) is 4.57 Å². The lowest BCUT2D eigenvalue weighted by molar-refractivity contribution is 0.0697. The van der Waals surface area contributed by atoms with E-state index in [0.29, 0.717) is 12.0 Å². The van der Waals surface area contributed by atoms with Gasteiger partial charge in [0, 0.05) is 30.3 Å². The van der Waals surface area contributed by atoms with Gasteiger partial charge in [0.15, 0.2) is 0 Å². The standard InChI is InChI=1S/C16H21NO3/c1-2-3-5-13-11-17(8-4-9-18)15-7-6-12(16(19)20)10-14(13)15/h6-7,10-11,18H,2-5,8-9H2,1H3,(H,19,20). The molecule has 108 valence electrons. The number of aliphatic hydroxyl groups excluding tert-OH is 1.